The number of ether oxygens (including phenoxy) is 1. The number of carbonyl (C=O) groups is 1. The summed E-state index contributed by atoms with van der Waals surface area (Å²) in [5, 5.41) is 9.03. The Hall–Kier alpha value is -1.00. The minimum Gasteiger partial charge on any atom is -0.469 e. The lowest BCUT2D eigenvalue weighted by Gasteiger charge is -2.12. The quantitative estimate of drug-likeness (QED) is 0.771. The van der Waals surface area contributed by atoms with Gasteiger partial charge in [-0.3, -0.25) is 4.79 Å². The molecule has 0 saturated heterocycles. The van der Waals surface area contributed by atoms with Gasteiger partial charge in [0.2, 0.25) is 0 Å². The Bertz CT molecular complexity index is 313. The summed E-state index contributed by atoms with van der Waals surface area (Å²) in [4.78, 5) is 11.0. The highest BCUT2D eigenvalue weighted by atomic mass is 32.2. The molecule has 0 heterocycles. The first kappa shape index (κ1) is 13.1. The highest BCUT2D eigenvalue weighted by Crippen LogP contribution is 2.20. The summed E-state index contributed by atoms with van der Waals surface area (Å²) in [5.74, 6) is 0.517. The van der Waals surface area contributed by atoms with Crippen LogP contribution in [0.2, 0.25) is 0 Å². The van der Waals surface area contributed by atoms with Gasteiger partial charge in [0.1, 0.15) is 0 Å². The molecular weight excluding hydrogens is 224 g/mol. The number of esters is 1. The van der Waals surface area contributed by atoms with Gasteiger partial charge in [-0.2, -0.15) is 11.8 Å². The van der Waals surface area contributed by atoms with Crippen LogP contribution in [0.3, 0.4) is 0 Å². The molecule has 0 fully saturated rings. The molecule has 0 aromatic heterocycles. The average Bonchev–Trinajstić information content (AvgIpc) is 2.35. The third kappa shape index (κ3) is 4.68. The van der Waals surface area contributed by atoms with Crippen LogP contribution in [0.25, 0.3) is 0 Å². The highest BCUT2D eigenvalue weighted by molar-refractivity contribution is 7.99. The number of hydrogen-bond acceptors (Lipinski definition) is 4. The van der Waals surface area contributed by atoms with Crippen LogP contribution in [0.1, 0.15) is 12.0 Å². The van der Waals surface area contributed by atoms with E-state index in [9.17, 15) is 4.79 Å². The first-order valence-electron chi connectivity index (χ1n) is 5.09. The van der Waals surface area contributed by atoms with Gasteiger partial charge in [0.25, 0.3) is 0 Å². The molecule has 0 saturated carbocycles. The number of methoxy groups -OCH3 is 1. The largest absolute Gasteiger partial charge is 0.469 e. The minimum absolute atomic E-state index is 0.00734. The molecule has 1 aromatic carbocycles. The van der Waals surface area contributed by atoms with Crippen molar-refractivity contribution in [1.29, 1.82) is 0 Å². The Labute approximate surface area is 99.8 Å². The summed E-state index contributed by atoms with van der Waals surface area (Å²) in [7, 11) is 1.36. The zero-order chi connectivity index (χ0) is 11.8. The fourth-order valence-electron chi connectivity index (χ4n) is 1.23. The normalized spacial score (nSPS) is 12.1. The molecule has 0 spiro atoms. The van der Waals surface area contributed by atoms with E-state index in [1.165, 1.54) is 12.7 Å². The number of hydrogen-bond donors (Lipinski definition) is 1. The first-order valence-corrected chi connectivity index (χ1v) is 6.14. The SMILES string of the molecule is COC(=O)C[C@H](CO)SCc1ccccc1. The molecule has 16 heavy (non-hydrogen) atoms. The summed E-state index contributed by atoms with van der Waals surface area (Å²) in [5.41, 5.74) is 1.19. The summed E-state index contributed by atoms with van der Waals surface area (Å²) < 4.78 is 4.57. The van der Waals surface area contributed by atoms with Gasteiger partial charge in [-0.25, -0.2) is 0 Å². The number of aliphatic hydroxyl groups is 1. The number of thioether (sulfide) groups is 1. The van der Waals surface area contributed by atoms with Crippen LogP contribution < -0.4 is 0 Å². The fourth-order valence-corrected chi connectivity index (χ4v) is 2.21. The molecule has 0 aliphatic heterocycles. The maximum absolute atomic E-state index is 11.0. The third-order valence-electron chi connectivity index (χ3n) is 2.15. The van der Waals surface area contributed by atoms with Crippen molar-refractivity contribution in [1.82, 2.24) is 0 Å². The Morgan fingerprint density at radius 1 is 1.44 bits per heavy atom. The maximum Gasteiger partial charge on any atom is 0.306 e. The molecule has 3 nitrogen and oxygen atoms in total. The van der Waals surface area contributed by atoms with Gasteiger partial charge in [-0.1, -0.05) is 30.3 Å². The van der Waals surface area contributed by atoms with E-state index in [2.05, 4.69) is 4.74 Å². The number of carbonyl (C=O) groups excluding carboxylic acids is 1. The van der Waals surface area contributed by atoms with Crippen molar-refractivity contribution >= 4 is 17.7 Å². The number of benzene rings is 1. The van der Waals surface area contributed by atoms with E-state index in [4.69, 9.17) is 5.11 Å². The molecule has 1 rings (SSSR count). The van der Waals surface area contributed by atoms with Gasteiger partial charge in [-0.15, -0.1) is 0 Å². The maximum atomic E-state index is 11.0. The lowest BCUT2D eigenvalue weighted by atomic mass is 10.2. The molecule has 0 bridgehead atoms. The Morgan fingerprint density at radius 2 is 2.12 bits per heavy atom. The number of aliphatic hydroxyl groups excluding tert-OH is 1. The lowest BCUT2D eigenvalue weighted by Crippen LogP contribution is -2.15. The first-order chi connectivity index (χ1) is 7.76. The summed E-state index contributed by atoms with van der Waals surface area (Å²) >= 11 is 1.57. The van der Waals surface area contributed by atoms with Crippen LogP contribution in [-0.4, -0.2) is 30.0 Å². The molecule has 0 radical (unpaired) electrons. The summed E-state index contributed by atoms with van der Waals surface area (Å²) in [6.45, 7) is -0.00734. The predicted octanol–water partition coefficient (Wildman–Crippen LogP) is 1.84. The molecule has 1 aromatic rings. The lowest BCUT2D eigenvalue weighted by molar-refractivity contribution is -0.140. The monoisotopic (exact) mass is 240 g/mol. The smallest absolute Gasteiger partial charge is 0.306 e. The van der Waals surface area contributed by atoms with Gasteiger partial charge < -0.3 is 9.84 Å². The molecule has 1 N–H and O–H groups in total. The number of rotatable bonds is 6. The minimum atomic E-state index is -0.278. The van der Waals surface area contributed by atoms with Crippen molar-refractivity contribution in [2.75, 3.05) is 13.7 Å². The van der Waals surface area contributed by atoms with E-state index in [1.54, 1.807) is 11.8 Å². The van der Waals surface area contributed by atoms with Crippen LogP contribution in [0.5, 0.6) is 0 Å². The van der Waals surface area contributed by atoms with Gasteiger partial charge in [0.05, 0.1) is 20.1 Å². The fraction of sp³-hybridized carbons (Fsp3) is 0.417. The van der Waals surface area contributed by atoms with Gasteiger partial charge in [0.15, 0.2) is 0 Å². The van der Waals surface area contributed by atoms with Crippen molar-refractivity contribution in [3.8, 4) is 0 Å². The zero-order valence-electron chi connectivity index (χ0n) is 9.26. The van der Waals surface area contributed by atoms with Crippen LogP contribution >= 0.6 is 11.8 Å². The molecule has 0 unspecified atom stereocenters. The molecule has 4 heteroatoms. The third-order valence-corrected chi connectivity index (χ3v) is 3.44. The van der Waals surface area contributed by atoms with Crippen LogP contribution in [0, 0.1) is 0 Å². The topological polar surface area (TPSA) is 46.5 Å². The molecule has 0 amide bonds. The van der Waals surface area contributed by atoms with E-state index >= 15 is 0 Å². The van der Waals surface area contributed by atoms with Gasteiger partial charge in [0, 0.05) is 11.0 Å². The molecular formula is C12H16O3S. The van der Waals surface area contributed by atoms with Crippen molar-refractivity contribution in [3.05, 3.63) is 35.9 Å². The van der Waals surface area contributed by atoms with E-state index in [1.807, 2.05) is 30.3 Å². The van der Waals surface area contributed by atoms with Crippen molar-refractivity contribution in [2.24, 2.45) is 0 Å². The Balaban J connectivity index is 2.37. The molecule has 0 aliphatic rings. The Kier molecular flexibility index (Phi) is 5.96. The molecule has 0 aliphatic carbocycles. The second kappa shape index (κ2) is 7.30. The van der Waals surface area contributed by atoms with Crippen LogP contribution in [0.15, 0.2) is 30.3 Å². The van der Waals surface area contributed by atoms with E-state index in [0.717, 1.165) is 5.75 Å². The van der Waals surface area contributed by atoms with Crippen molar-refractivity contribution in [2.45, 2.75) is 17.4 Å². The van der Waals surface area contributed by atoms with Crippen LogP contribution in [0.4, 0.5) is 0 Å². The summed E-state index contributed by atoms with van der Waals surface area (Å²) in [6, 6.07) is 9.97. The van der Waals surface area contributed by atoms with Crippen LogP contribution in [-0.2, 0) is 15.3 Å². The second-order valence-electron chi connectivity index (χ2n) is 3.38. The van der Waals surface area contributed by atoms with Crippen molar-refractivity contribution in [3.63, 3.8) is 0 Å². The average molecular weight is 240 g/mol. The van der Waals surface area contributed by atoms with Gasteiger partial charge >= 0.3 is 5.97 Å². The van der Waals surface area contributed by atoms with E-state index < -0.39 is 0 Å². The predicted molar refractivity (Wildman–Crippen MR) is 65.2 cm³/mol. The molecule has 88 valence electrons. The molecule has 1 atom stereocenters. The highest BCUT2D eigenvalue weighted by Gasteiger charge is 2.13. The Morgan fingerprint density at radius 3 is 2.69 bits per heavy atom. The van der Waals surface area contributed by atoms with E-state index in [0.29, 0.717) is 0 Å². The van der Waals surface area contributed by atoms with E-state index in [-0.39, 0.29) is 24.2 Å². The summed E-state index contributed by atoms with van der Waals surface area (Å²) in [6.07, 6.45) is 0.254. The second-order valence-corrected chi connectivity index (χ2v) is 4.67. The van der Waals surface area contributed by atoms with Gasteiger partial charge in [-0.05, 0) is 5.56 Å². The standard InChI is InChI=1S/C12H16O3S/c1-15-12(14)7-11(8-13)16-9-10-5-3-2-4-6-10/h2-6,11,13H,7-9H2,1H3/t11-/m1/s1. The van der Waals surface area contributed by atoms with Crippen molar-refractivity contribution < 1.29 is 14.6 Å². The zero-order valence-corrected chi connectivity index (χ0v) is 10.1.